The Hall–Kier alpha value is -1.20. The Morgan fingerprint density at radius 3 is 2.28 bits per heavy atom. The summed E-state index contributed by atoms with van der Waals surface area (Å²) >= 11 is 0. The number of nitrogens with zero attached hydrogens (tertiary/aromatic N) is 4. The highest BCUT2D eigenvalue weighted by molar-refractivity contribution is 14.0. The molecule has 0 aromatic rings. The molecule has 4 aliphatic rings. The van der Waals surface area contributed by atoms with Crippen LogP contribution in [-0.4, -0.2) is 97.9 Å². The number of likely N-dealkylation sites (tertiary alicyclic amines) is 1. The number of nitrogens with one attached hydrogen (secondary N) is 2. The Balaban J connectivity index is 0.00000289. The number of halogens is 1. The van der Waals surface area contributed by atoms with Gasteiger partial charge in [-0.05, 0) is 38.1 Å². The van der Waals surface area contributed by atoms with E-state index in [2.05, 4.69) is 51.4 Å². The first-order valence-corrected chi connectivity index (χ1v) is 12.0. The number of carbonyl (C=O) groups excluding carboxylic acids is 2. The van der Waals surface area contributed by atoms with Crippen LogP contribution >= 0.6 is 24.0 Å². The number of allylic oxidation sites excluding steroid dienone is 2. The van der Waals surface area contributed by atoms with Crippen molar-refractivity contribution < 1.29 is 9.59 Å². The van der Waals surface area contributed by atoms with E-state index in [9.17, 15) is 9.59 Å². The van der Waals surface area contributed by atoms with Crippen molar-refractivity contribution in [2.24, 2.45) is 28.7 Å². The Kier molecular flexibility index (Phi) is 8.97. The number of amides is 2. The number of hydrogen-bond acceptors (Lipinski definition) is 5. The van der Waals surface area contributed by atoms with E-state index in [0.29, 0.717) is 19.1 Å². The van der Waals surface area contributed by atoms with Crippen LogP contribution in [0.25, 0.3) is 0 Å². The fraction of sp³-hybridized carbons (Fsp3) is 0.783. The lowest BCUT2D eigenvalue weighted by molar-refractivity contribution is -0.140. The van der Waals surface area contributed by atoms with Gasteiger partial charge in [-0.2, -0.15) is 0 Å². The number of piperazine rings is 1. The summed E-state index contributed by atoms with van der Waals surface area (Å²) in [7, 11) is 1.78. The molecule has 2 heterocycles. The first kappa shape index (κ1) is 25.4. The quantitative estimate of drug-likeness (QED) is 0.116. The topological polar surface area (TPSA) is 80.3 Å². The minimum Gasteiger partial charge on any atom is -0.356 e. The summed E-state index contributed by atoms with van der Waals surface area (Å²) in [5.74, 6) is 1.25. The van der Waals surface area contributed by atoms with Crippen LogP contribution in [0.15, 0.2) is 17.1 Å². The first-order chi connectivity index (χ1) is 15.0. The van der Waals surface area contributed by atoms with Crippen LogP contribution < -0.4 is 10.6 Å². The SMILES string of the molecule is CCN1CCN(C(C)CNC(=NC)NCCCN2C(=O)C3C4C=CC(C4)C3C2=O)CC1.I. The molecule has 0 aromatic carbocycles. The van der Waals surface area contributed by atoms with Gasteiger partial charge in [-0.1, -0.05) is 19.1 Å². The van der Waals surface area contributed by atoms with Gasteiger partial charge in [0.1, 0.15) is 0 Å². The molecule has 8 nitrogen and oxygen atoms in total. The van der Waals surface area contributed by atoms with E-state index >= 15 is 0 Å². The molecule has 2 bridgehead atoms. The standard InChI is InChI=1S/C23H38N6O2.HI/c1-4-27-10-12-28(13-11-27)16(2)15-26-23(24-3)25-8-5-9-29-21(30)19-17-6-7-18(14-17)20(19)22(29)31;/h6-7,16-20H,4-5,8-15H2,1-3H3,(H2,24,25,26);1H. The Bertz CT molecular complexity index is 706. The molecular formula is C23H39IN6O2. The van der Waals surface area contributed by atoms with Crippen LogP contribution in [0.4, 0.5) is 0 Å². The maximum atomic E-state index is 12.7. The zero-order valence-corrected chi connectivity index (χ0v) is 22.0. The molecule has 1 saturated carbocycles. The van der Waals surface area contributed by atoms with E-state index in [4.69, 9.17) is 0 Å². The van der Waals surface area contributed by atoms with Gasteiger partial charge in [-0.25, -0.2) is 0 Å². The summed E-state index contributed by atoms with van der Waals surface area (Å²) in [6.45, 7) is 12.1. The van der Waals surface area contributed by atoms with Crippen LogP contribution in [0.1, 0.15) is 26.7 Å². The minimum atomic E-state index is -0.0921. The second-order valence-electron chi connectivity index (χ2n) is 9.38. The smallest absolute Gasteiger partial charge is 0.233 e. The monoisotopic (exact) mass is 558 g/mol. The predicted molar refractivity (Wildman–Crippen MR) is 137 cm³/mol. The van der Waals surface area contributed by atoms with Crippen molar-refractivity contribution in [2.45, 2.75) is 32.7 Å². The first-order valence-electron chi connectivity index (χ1n) is 12.0. The fourth-order valence-corrected chi connectivity index (χ4v) is 5.74. The highest BCUT2D eigenvalue weighted by Crippen LogP contribution is 2.52. The highest BCUT2D eigenvalue weighted by Gasteiger charge is 2.58. The molecule has 2 aliphatic heterocycles. The van der Waals surface area contributed by atoms with Gasteiger partial charge in [0.25, 0.3) is 0 Å². The van der Waals surface area contributed by atoms with Crippen LogP contribution in [0.3, 0.4) is 0 Å². The molecule has 0 radical (unpaired) electrons. The minimum absolute atomic E-state index is 0. The van der Waals surface area contributed by atoms with E-state index in [1.165, 1.54) is 4.90 Å². The lowest BCUT2D eigenvalue weighted by Gasteiger charge is -2.37. The van der Waals surface area contributed by atoms with Crippen LogP contribution in [0, 0.1) is 23.7 Å². The second-order valence-corrected chi connectivity index (χ2v) is 9.38. The summed E-state index contributed by atoms with van der Waals surface area (Å²) in [6, 6.07) is 0.445. The predicted octanol–water partition coefficient (Wildman–Crippen LogP) is 0.993. The number of hydrogen-bond donors (Lipinski definition) is 2. The van der Waals surface area contributed by atoms with E-state index in [1.807, 2.05) is 0 Å². The summed E-state index contributed by atoms with van der Waals surface area (Å²) in [4.78, 5) is 36.3. The van der Waals surface area contributed by atoms with Gasteiger partial charge in [-0.3, -0.25) is 24.4 Å². The Morgan fingerprint density at radius 1 is 1.09 bits per heavy atom. The summed E-state index contributed by atoms with van der Waals surface area (Å²) in [6.07, 6.45) is 6.00. The van der Waals surface area contributed by atoms with Gasteiger partial charge >= 0.3 is 0 Å². The van der Waals surface area contributed by atoms with Crippen molar-refractivity contribution in [3.8, 4) is 0 Å². The zero-order valence-electron chi connectivity index (χ0n) is 19.6. The largest absolute Gasteiger partial charge is 0.356 e. The zero-order chi connectivity index (χ0) is 22.0. The van der Waals surface area contributed by atoms with Gasteiger partial charge in [0.05, 0.1) is 11.8 Å². The van der Waals surface area contributed by atoms with Crippen LogP contribution in [-0.2, 0) is 9.59 Å². The molecule has 5 unspecified atom stereocenters. The van der Waals surface area contributed by atoms with Crippen molar-refractivity contribution in [1.29, 1.82) is 0 Å². The molecule has 0 aromatic heterocycles. The maximum Gasteiger partial charge on any atom is 0.233 e. The van der Waals surface area contributed by atoms with Crippen molar-refractivity contribution in [2.75, 3.05) is 59.4 Å². The fourth-order valence-electron chi connectivity index (χ4n) is 5.74. The van der Waals surface area contributed by atoms with Gasteiger partial charge < -0.3 is 15.5 Å². The summed E-state index contributed by atoms with van der Waals surface area (Å²) < 4.78 is 0. The molecule has 0 spiro atoms. The molecule has 2 aliphatic carbocycles. The van der Waals surface area contributed by atoms with Crippen LogP contribution in [0.5, 0.6) is 0 Å². The number of carbonyl (C=O) groups is 2. The highest BCUT2D eigenvalue weighted by atomic mass is 127. The number of aliphatic imine (C=N–C) groups is 1. The molecule has 2 N–H and O–H groups in total. The average Bonchev–Trinajstić information content (AvgIpc) is 3.48. The van der Waals surface area contributed by atoms with Crippen LogP contribution in [0.2, 0.25) is 0 Å². The number of guanidine groups is 1. The molecule has 2 amide bonds. The molecule has 32 heavy (non-hydrogen) atoms. The molecule has 9 heteroatoms. The molecule has 180 valence electrons. The van der Waals surface area contributed by atoms with Gasteiger partial charge in [0.2, 0.25) is 11.8 Å². The number of likely N-dealkylation sites (N-methyl/N-ethyl adjacent to an activating group) is 1. The van der Waals surface area contributed by atoms with Crippen molar-refractivity contribution in [3.05, 3.63) is 12.2 Å². The third-order valence-electron chi connectivity index (χ3n) is 7.68. The third-order valence-corrected chi connectivity index (χ3v) is 7.68. The van der Waals surface area contributed by atoms with E-state index in [0.717, 1.165) is 58.1 Å². The molecule has 2 saturated heterocycles. The maximum absolute atomic E-state index is 12.7. The Labute approximate surface area is 209 Å². The Morgan fingerprint density at radius 2 is 1.72 bits per heavy atom. The number of rotatable bonds is 8. The van der Waals surface area contributed by atoms with E-state index < -0.39 is 0 Å². The van der Waals surface area contributed by atoms with Crippen molar-refractivity contribution in [3.63, 3.8) is 0 Å². The molecule has 3 fully saturated rings. The normalized spacial score (nSPS) is 31.1. The number of fused-ring (bicyclic) bond motifs is 5. The number of imide groups is 1. The molecule has 4 rings (SSSR count). The second kappa shape index (κ2) is 11.3. The lowest BCUT2D eigenvalue weighted by atomic mass is 9.85. The van der Waals surface area contributed by atoms with Gasteiger partial charge in [-0.15, -0.1) is 24.0 Å². The van der Waals surface area contributed by atoms with Crippen molar-refractivity contribution >= 4 is 41.8 Å². The average molecular weight is 559 g/mol. The van der Waals surface area contributed by atoms with E-state index in [-0.39, 0.29) is 59.5 Å². The molecular weight excluding hydrogens is 519 g/mol. The van der Waals surface area contributed by atoms with Gasteiger partial charge in [0.15, 0.2) is 5.96 Å². The molecule has 5 atom stereocenters. The lowest BCUT2D eigenvalue weighted by Crippen LogP contribution is -2.53. The van der Waals surface area contributed by atoms with Gasteiger partial charge in [0, 0.05) is 58.9 Å². The summed E-state index contributed by atoms with van der Waals surface area (Å²) in [5.41, 5.74) is 0. The van der Waals surface area contributed by atoms with E-state index in [1.54, 1.807) is 7.05 Å². The third kappa shape index (κ3) is 5.14. The summed E-state index contributed by atoms with van der Waals surface area (Å²) in [5, 5.41) is 6.75. The van der Waals surface area contributed by atoms with Crippen molar-refractivity contribution in [1.82, 2.24) is 25.3 Å².